The number of carbonyl (C=O) groups excluding carboxylic acids is 2. The molecule has 1 aromatic carbocycles. The van der Waals surface area contributed by atoms with Crippen molar-refractivity contribution in [3.05, 3.63) is 78.0 Å². The number of hydrogen-bond donors (Lipinski definition) is 2. The van der Waals surface area contributed by atoms with Gasteiger partial charge in [-0.2, -0.15) is 20.3 Å². The Labute approximate surface area is 312 Å². The minimum Gasteiger partial charge on any atom is -0.368 e. The molecule has 6 heterocycles. The van der Waals surface area contributed by atoms with E-state index in [1.54, 1.807) is 39.6 Å². The molecule has 3 amide bonds. The molecule has 0 unspecified atom stereocenters. The number of likely N-dealkylation sites (tertiary alicyclic amines) is 1. The first-order valence-electron chi connectivity index (χ1n) is 18.6. The number of amides is 3. The zero-order valence-corrected chi connectivity index (χ0v) is 30.1. The van der Waals surface area contributed by atoms with E-state index in [9.17, 15) is 20.1 Å². The minimum atomic E-state index is -0.467. The van der Waals surface area contributed by atoms with Crippen LogP contribution in [0.3, 0.4) is 0 Å². The molecule has 4 aromatic heterocycles. The highest BCUT2D eigenvalue weighted by molar-refractivity contribution is 6.05. The predicted molar refractivity (Wildman–Crippen MR) is 200 cm³/mol. The SMILES string of the molecule is C[C@H](C#N)Nc1cc(-n2ncc3cc(C#N)cnc32)ncc1-n1cc(C2CCC(CCN3CC[C@@H](c4ccc(N5CCC(=O)NC5=O)cc4)C3)CC2)nn1. The lowest BCUT2D eigenvalue weighted by molar-refractivity contribution is -0.120. The fourth-order valence-electron chi connectivity index (χ4n) is 8.00. The molecule has 54 heavy (non-hydrogen) atoms. The molecule has 0 spiro atoms. The van der Waals surface area contributed by atoms with E-state index in [0.29, 0.717) is 59.1 Å². The van der Waals surface area contributed by atoms with Gasteiger partial charge >= 0.3 is 6.03 Å². The lowest BCUT2D eigenvalue weighted by Crippen LogP contribution is -2.49. The van der Waals surface area contributed by atoms with Crippen molar-refractivity contribution in [1.29, 1.82) is 10.5 Å². The van der Waals surface area contributed by atoms with Gasteiger partial charge in [0, 0.05) is 48.8 Å². The average Bonchev–Trinajstić information content (AvgIpc) is 3.98. The van der Waals surface area contributed by atoms with Gasteiger partial charge in [0.25, 0.3) is 0 Å². The molecule has 1 aliphatic carbocycles. The number of fused-ring (bicyclic) bond motifs is 1. The lowest BCUT2D eigenvalue weighted by atomic mass is 9.79. The van der Waals surface area contributed by atoms with Crippen molar-refractivity contribution < 1.29 is 9.59 Å². The second-order valence-electron chi connectivity index (χ2n) is 14.6. The summed E-state index contributed by atoms with van der Waals surface area (Å²) in [5, 5.41) is 38.7. The molecule has 2 saturated heterocycles. The van der Waals surface area contributed by atoms with E-state index in [4.69, 9.17) is 0 Å². The normalized spacial score (nSPS) is 21.1. The Balaban J connectivity index is 0.857. The van der Waals surface area contributed by atoms with Crippen molar-refractivity contribution in [3.8, 4) is 23.6 Å². The van der Waals surface area contributed by atoms with Crippen molar-refractivity contribution >= 4 is 34.3 Å². The maximum atomic E-state index is 12.2. The molecule has 2 aliphatic heterocycles. The number of nitrogens with one attached hydrogen (secondary N) is 2. The maximum absolute atomic E-state index is 12.2. The first-order chi connectivity index (χ1) is 26.3. The van der Waals surface area contributed by atoms with E-state index in [-0.39, 0.29) is 11.9 Å². The summed E-state index contributed by atoms with van der Waals surface area (Å²) in [5.41, 5.74) is 5.47. The van der Waals surface area contributed by atoms with Gasteiger partial charge in [0.1, 0.15) is 17.8 Å². The number of carbonyl (C=O) groups is 2. The summed E-state index contributed by atoms with van der Waals surface area (Å²) < 4.78 is 3.34. The molecule has 8 rings (SSSR count). The molecule has 2 N–H and O–H groups in total. The number of hydrogen-bond acceptors (Lipinski definition) is 11. The van der Waals surface area contributed by atoms with E-state index in [1.807, 2.05) is 24.4 Å². The Kier molecular flexibility index (Phi) is 9.71. The van der Waals surface area contributed by atoms with Crippen molar-refractivity contribution in [1.82, 2.24) is 45.0 Å². The summed E-state index contributed by atoms with van der Waals surface area (Å²) in [4.78, 5) is 37.0. The average molecular weight is 724 g/mol. The van der Waals surface area contributed by atoms with Gasteiger partial charge in [-0.3, -0.25) is 15.0 Å². The van der Waals surface area contributed by atoms with Gasteiger partial charge in [-0.25, -0.2) is 19.4 Å². The summed E-state index contributed by atoms with van der Waals surface area (Å²) in [7, 11) is 0. The molecule has 3 aliphatic rings. The van der Waals surface area contributed by atoms with Crippen LogP contribution in [0.4, 0.5) is 16.2 Å². The van der Waals surface area contributed by atoms with Crippen LogP contribution in [-0.4, -0.2) is 83.8 Å². The molecule has 1 saturated carbocycles. The topological polar surface area (TPSA) is 187 Å². The van der Waals surface area contributed by atoms with Crippen LogP contribution in [0, 0.1) is 28.6 Å². The van der Waals surface area contributed by atoms with Crippen LogP contribution in [-0.2, 0) is 4.79 Å². The third-order valence-corrected chi connectivity index (χ3v) is 11.1. The third-order valence-electron chi connectivity index (χ3n) is 11.1. The second-order valence-corrected chi connectivity index (χ2v) is 14.6. The van der Waals surface area contributed by atoms with Crippen LogP contribution >= 0.6 is 0 Å². The number of pyridine rings is 2. The van der Waals surface area contributed by atoms with Crippen molar-refractivity contribution in [2.75, 3.05) is 36.4 Å². The summed E-state index contributed by atoms with van der Waals surface area (Å²) in [6.45, 7) is 5.45. The number of benzene rings is 1. The van der Waals surface area contributed by atoms with E-state index in [1.165, 1.54) is 18.2 Å². The van der Waals surface area contributed by atoms with Gasteiger partial charge < -0.3 is 10.2 Å². The van der Waals surface area contributed by atoms with Crippen molar-refractivity contribution in [3.63, 3.8) is 0 Å². The quantitative estimate of drug-likeness (QED) is 0.193. The zero-order valence-electron chi connectivity index (χ0n) is 30.1. The Morgan fingerprint density at radius 1 is 0.981 bits per heavy atom. The first kappa shape index (κ1) is 34.9. The van der Waals surface area contributed by atoms with Crippen LogP contribution in [0.5, 0.6) is 0 Å². The zero-order chi connectivity index (χ0) is 37.2. The van der Waals surface area contributed by atoms with Gasteiger partial charge in [0.05, 0.1) is 41.6 Å². The highest BCUT2D eigenvalue weighted by Gasteiger charge is 2.29. The molecule has 0 bridgehead atoms. The van der Waals surface area contributed by atoms with Gasteiger partial charge in [-0.1, -0.05) is 17.3 Å². The summed E-state index contributed by atoms with van der Waals surface area (Å²) in [6.07, 6.45) is 14.0. The van der Waals surface area contributed by atoms with Gasteiger partial charge in [-0.05, 0) is 94.1 Å². The Morgan fingerprint density at radius 3 is 2.59 bits per heavy atom. The summed E-state index contributed by atoms with van der Waals surface area (Å²) in [5.74, 6) is 1.81. The summed E-state index contributed by atoms with van der Waals surface area (Å²) in [6, 6.07) is 15.3. The Bertz CT molecular complexity index is 2260. The second kappa shape index (κ2) is 15.0. The molecular weight excluding hydrogens is 683 g/mol. The Hall–Kier alpha value is -6.19. The maximum Gasteiger partial charge on any atom is 0.328 e. The van der Waals surface area contributed by atoms with Crippen LogP contribution < -0.4 is 15.5 Å². The molecular formula is C39H41N13O2. The number of nitrogens with zero attached hydrogens (tertiary/aromatic N) is 11. The molecule has 0 radical (unpaired) electrons. The third kappa shape index (κ3) is 7.23. The Morgan fingerprint density at radius 2 is 1.81 bits per heavy atom. The molecule has 274 valence electrons. The lowest BCUT2D eigenvalue weighted by Gasteiger charge is -2.28. The molecule has 2 atom stereocenters. The van der Waals surface area contributed by atoms with E-state index < -0.39 is 6.04 Å². The molecule has 15 heteroatoms. The predicted octanol–water partition coefficient (Wildman–Crippen LogP) is 5.19. The number of urea groups is 1. The largest absolute Gasteiger partial charge is 0.368 e. The van der Waals surface area contributed by atoms with Crippen molar-refractivity contribution in [2.45, 2.75) is 69.7 Å². The standard InChI is InChI=1S/C39H41N13O2/c1-25(18-40)45-33-17-36(52-38-31(21-44-52)16-27(19-41)20-43-38)42-22-35(33)51-24-34(47-48-51)29-4-2-26(3-5-29)10-13-49-14-11-30(23-49)28-6-8-32(9-7-28)50-15-12-37(53)46-39(50)54/h6-9,16-17,20-22,24-26,29-30H,2-5,10-15,23H2,1H3,(H,42,45)(H,46,53,54)/t25-,26?,29?,30-/m1/s1. The number of imide groups is 1. The van der Waals surface area contributed by atoms with Crippen LogP contribution in [0.1, 0.15) is 80.5 Å². The van der Waals surface area contributed by atoms with Crippen LogP contribution in [0.25, 0.3) is 22.5 Å². The number of anilines is 2. The van der Waals surface area contributed by atoms with Crippen LogP contribution in [0.2, 0.25) is 0 Å². The molecule has 5 aromatic rings. The fourth-order valence-corrected chi connectivity index (χ4v) is 8.00. The molecule has 15 nitrogen and oxygen atoms in total. The van der Waals surface area contributed by atoms with Gasteiger partial charge in [0.15, 0.2) is 11.5 Å². The van der Waals surface area contributed by atoms with E-state index in [0.717, 1.165) is 68.5 Å². The number of nitriles is 2. The van der Waals surface area contributed by atoms with E-state index >= 15 is 0 Å². The number of rotatable bonds is 10. The van der Waals surface area contributed by atoms with Gasteiger partial charge in [-0.15, -0.1) is 5.10 Å². The van der Waals surface area contributed by atoms with E-state index in [2.05, 4.69) is 65.2 Å². The van der Waals surface area contributed by atoms with Crippen molar-refractivity contribution in [2.24, 2.45) is 5.92 Å². The number of aromatic nitrogens is 7. The monoisotopic (exact) mass is 723 g/mol. The summed E-state index contributed by atoms with van der Waals surface area (Å²) >= 11 is 0. The first-order valence-corrected chi connectivity index (χ1v) is 18.6. The minimum absolute atomic E-state index is 0.220. The molecule has 3 fully saturated rings. The smallest absolute Gasteiger partial charge is 0.328 e. The highest BCUT2D eigenvalue weighted by atomic mass is 16.2. The van der Waals surface area contributed by atoms with Gasteiger partial charge in [0.2, 0.25) is 5.91 Å². The highest BCUT2D eigenvalue weighted by Crippen LogP contribution is 2.38. The van der Waals surface area contributed by atoms with Crippen LogP contribution in [0.15, 0.2) is 61.2 Å². The fraction of sp³-hybridized carbons (Fsp3) is 0.410.